The molecule has 0 atom stereocenters. The molecule has 0 aromatic heterocycles. The first kappa shape index (κ1) is 15.9. The van der Waals surface area contributed by atoms with E-state index in [4.69, 9.17) is 9.47 Å². The lowest BCUT2D eigenvalue weighted by Crippen LogP contribution is -2.63. The molecule has 1 aromatic carbocycles. The van der Waals surface area contributed by atoms with Crippen LogP contribution in [0, 0.1) is 0 Å². The fourth-order valence-corrected chi connectivity index (χ4v) is 4.20. The predicted molar refractivity (Wildman–Crippen MR) is 91.6 cm³/mol. The van der Waals surface area contributed by atoms with Crippen molar-refractivity contribution in [3.8, 4) is 5.75 Å². The van der Waals surface area contributed by atoms with E-state index in [2.05, 4.69) is 11.9 Å². The molecule has 0 N–H and O–H groups in total. The molecule has 5 heteroatoms. The Bertz CT molecular complexity index is 625. The molecule has 1 amide bonds. The van der Waals surface area contributed by atoms with Gasteiger partial charge in [0.2, 0.25) is 0 Å². The Morgan fingerprint density at radius 1 is 1.17 bits per heavy atom. The second-order valence-corrected chi connectivity index (χ2v) is 7.26. The van der Waals surface area contributed by atoms with Crippen LogP contribution in [0.1, 0.15) is 35.2 Å². The van der Waals surface area contributed by atoms with Crippen molar-refractivity contribution < 1.29 is 14.3 Å². The van der Waals surface area contributed by atoms with Crippen LogP contribution in [0.15, 0.2) is 18.2 Å². The highest BCUT2D eigenvalue weighted by atomic mass is 16.5. The van der Waals surface area contributed by atoms with Crippen molar-refractivity contribution in [1.82, 2.24) is 9.80 Å². The number of fused-ring (bicyclic) bond motifs is 1. The highest BCUT2D eigenvalue weighted by Crippen LogP contribution is 2.32. The highest BCUT2D eigenvalue weighted by molar-refractivity contribution is 5.94. The highest BCUT2D eigenvalue weighted by Gasteiger charge is 2.42. The average molecular weight is 330 g/mol. The van der Waals surface area contributed by atoms with Gasteiger partial charge in [-0.2, -0.15) is 0 Å². The van der Waals surface area contributed by atoms with Crippen molar-refractivity contribution in [1.29, 1.82) is 0 Å². The molecule has 3 aliphatic heterocycles. The summed E-state index contributed by atoms with van der Waals surface area (Å²) in [5.74, 6) is 1.10. The minimum absolute atomic E-state index is 0.0868. The molecule has 3 aliphatic rings. The molecule has 3 heterocycles. The summed E-state index contributed by atoms with van der Waals surface area (Å²) < 4.78 is 11.2. The molecule has 0 unspecified atom stereocenters. The third-order valence-corrected chi connectivity index (χ3v) is 5.87. The Morgan fingerprint density at radius 2 is 2.00 bits per heavy atom. The average Bonchev–Trinajstić information content (AvgIpc) is 2.64. The molecule has 2 fully saturated rings. The first-order chi connectivity index (χ1) is 11.7. The van der Waals surface area contributed by atoms with Crippen LogP contribution in [-0.2, 0) is 11.2 Å². The van der Waals surface area contributed by atoms with Gasteiger partial charge in [-0.25, -0.2) is 0 Å². The Kier molecular flexibility index (Phi) is 4.22. The van der Waals surface area contributed by atoms with Crippen LogP contribution in [0.3, 0.4) is 0 Å². The zero-order valence-electron chi connectivity index (χ0n) is 14.4. The molecule has 0 aliphatic carbocycles. The van der Waals surface area contributed by atoms with Crippen molar-refractivity contribution in [3.05, 3.63) is 29.3 Å². The second kappa shape index (κ2) is 6.37. The van der Waals surface area contributed by atoms with Crippen LogP contribution in [0.5, 0.6) is 5.75 Å². The smallest absolute Gasteiger partial charge is 0.253 e. The van der Waals surface area contributed by atoms with E-state index in [1.165, 1.54) is 5.56 Å². The van der Waals surface area contributed by atoms with Gasteiger partial charge in [-0.1, -0.05) is 0 Å². The first-order valence-corrected chi connectivity index (χ1v) is 9.02. The zero-order chi connectivity index (χ0) is 16.6. The molecule has 1 aromatic rings. The monoisotopic (exact) mass is 330 g/mol. The van der Waals surface area contributed by atoms with Gasteiger partial charge in [0.05, 0.1) is 6.61 Å². The molecular weight excluding hydrogens is 304 g/mol. The third kappa shape index (κ3) is 2.80. The van der Waals surface area contributed by atoms with Crippen molar-refractivity contribution in [2.75, 3.05) is 46.5 Å². The number of carbonyl (C=O) groups is 1. The number of piperazine rings is 1. The van der Waals surface area contributed by atoms with Gasteiger partial charge in [0.15, 0.2) is 0 Å². The zero-order valence-corrected chi connectivity index (χ0v) is 14.4. The molecule has 0 saturated carbocycles. The van der Waals surface area contributed by atoms with Gasteiger partial charge in [-0.15, -0.1) is 0 Å². The topological polar surface area (TPSA) is 42.0 Å². The maximum Gasteiger partial charge on any atom is 0.253 e. The summed E-state index contributed by atoms with van der Waals surface area (Å²) in [6.45, 7) is 4.90. The summed E-state index contributed by atoms with van der Waals surface area (Å²) in [7, 11) is 2.18. The molecule has 5 nitrogen and oxygen atoms in total. The van der Waals surface area contributed by atoms with Gasteiger partial charge < -0.3 is 14.4 Å². The number of hydrogen-bond donors (Lipinski definition) is 0. The summed E-state index contributed by atoms with van der Waals surface area (Å²) in [6.07, 6.45) is 4.04. The van der Waals surface area contributed by atoms with Crippen molar-refractivity contribution >= 4 is 5.91 Å². The molecular formula is C19H26N2O3. The lowest BCUT2D eigenvalue weighted by atomic mass is 9.85. The van der Waals surface area contributed by atoms with Gasteiger partial charge in [-0.3, -0.25) is 9.69 Å². The normalized spacial score (nSPS) is 23.6. The van der Waals surface area contributed by atoms with E-state index < -0.39 is 0 Å². The minimum Gasteiger partial charge on any atom is -0.493 e. The number of amides is 1. The summed E-state index contributed by atoms with van der Waals surface area (Å²) in [6, 6.07) is 5.91. The molecule has 0 radical (unpaired) electrons. The summed E-state index contributed by atoms with van der Waals surface area (Å²) in [5, 5.41) is 0. The second-order valence-electron chi connectivity index (χ2n) is 7.26. The SMILES string of the molecule is CN1CCN(C(=O)c2ccc3c(c2)CCCO3)CC12CCOCC2. The van der Waals surface area contributed by atoms with Crippen LogP contribution in [0.25, 0.3) is 0 Å². The Morgan fingerprint density at radius 3 is 2.83 bits per heavy atom. The van der Waals surface area contributed by atoms with Gasteiger partial charge in [0.1, 0.15) is 5.75 Å². The number of rotatable bonds is 1. The van der Waals surface area contributed by atoms with E-state index in [9.17, 15) is 4.79 Å². The fourth-order valence-electron chi connectivity index (χ4n) is 4.20. The number of benzene rings is 1. The molecule has 0 bridgehead atoms. The summed E-state index contributed by atoms with van der Waals surface area (Å²) in [5.41, 5.74) is 2.05. The van der Waals surface area contributed by atoms with Crippen LogP contribution in [0.4, 0.5) is 0 Å². The lowest BCUT2D eigenvalue weighted by molar-refractivity contribution is -0.0543. The predicted octanol–water partition coefficient (Wildman–Crippen LogP) is 1.95. The van der Waals surface area contributed by atoms with E-state index >= 15 is 0 Å². The molecule has 24 heavy (non-hydrogen) atoms. The third-order valence-electron chi connectivity index (χ3n) is 5.87. The standard InChI is InChI=1S/C19H26N2O3/c1-20-8-9-21(14-19(20)6-11-23-12-7-19)18(22)16-4-5-17-15(13-16)3-2-10-24-17/h4-5,13H,2-3,6-12,14H2,1H3. The fraction of sp³-hybridized carbons (Fsp3) is 0.632. The number of carbonyl (C=O) groups excluding carboxylic acids is 1. The van der Waals surface area contributed by atoms with Crippen molar-refractivity contribution in [2.45, 2.75) is 31.2 Å². The van der Waals surface area contributed by atoms with Crippen LogP contribution >= 0.6 is 0 Å². The van der Waals surface area contributed by atoms with Gasteiger partial charge in [-0.05, 0) is 56.5 Å². The number of likely N-dealkylation sites (N-methyl/N-ethyl adjacent to an activating group) is 1. The molecule has 4 rings (SSSR count). The van der Waals surface area contributed by atoms with Gasteiger partial charge in [0, 0.05) is 44.0 Å². The van der Waals surface area contributed by atoms with E-state index in [1.54, 1.807) is 0 Å². The first-order valence-electron chi connectivity index (χ1n) is 9.02. The van der Waals surface area contributed by atoms with Crippen LogP contribution in [-0.4, -0.2) is 67.7 Å². The largest absolute Gasteiger partial charge is 0.493 e. The molecule has 130 valence electrons. The van der Waals surface area contributed by atoms with E-state index in [0.29, 0.717) is 0 Å². The lowest BCUT2D eigenvalue weighted by Gasteiger charge is -2.51. The summed E-state index contributed by atoms with van der Waals surface area (Å²) >= 11 is 0. The van der Waals surface area contributed by atoms with Crippen LogP contribution < -0.4 is 4.74 Å². The number of ether oxygens (including phenoxy) is 2. The molecule has 1 spiro atoms. The van der Waals surface area contributed by atoms with E-state index in [1.807, 2.05) is 23.1 Å². The van der Waals surface area contributed by atoms with E-state index in [-0.39, 0.29) is 11.4 Å². The Labute approximate surface area is 143 Å². The van der Waals surface area contributed by atoms with Crippen LogP contribution in [0.2, 0.25) is 0 Å². The molecule has 2 saturated heterocycles. The quantitative estimate of drug-likeness (QED) is 0.789. The minimum atomic E-state index is 0.0868. The van der Waals surface area contributed by atoms with Gasteiger partial charge in [0.25, 0.3) is 5.91 Å². The van der Waals surface area contributed by atoms with E-state index in [0.717, 1.165) is 76.5 Å². The van der Waals surface area contributed by atoms with Crippen molar-refractivity contribution in [2.24, 2.45) is 0 Å². The van der Waals surface area contributed by atoms with Gasteiger partial charge >= 0.3 is 0 Å². The maximum atomic E-state index is 13.1. The number of hydrogen-bond acceptors (Lipinski definition) is 4. The Hall–Kier alpha value is -1.59. The number of nitrogens with zero attached hydrogens (tertiary/aromatic N) is 2. The Balaban J connectivity index is 1.53. The van der Waals surface area contributed by atoms with Crippen molar-refractivity contribution in [3.63, 3.8) is 0 Å². The number of aryl methyl sites for hydroxylation is 1. The summed E-state index contributed by atoms with van der Waals surface area (Å²) in [4.78, 5) is 17.5. The maximum absolute atomic E-state index is 13.1.